The number of ether oxygens (including phenoxy) is 1. The third-order valence-corrected chi connectivity index (χ3v) is 7.49. The summed E-state index contributed by atoms with van der Waals surface area (Å²) < 4.78 is 44.3. The van der Waals surface area contributed by atoms with E-state index in [1.165, 1.54) is 18.4 Å². The molecule has 0 aliphatic heterocycles. The normalized spacial score (nSPS) is 13.6. The highest BCUT2D eigenvalue weighted by Gasteiger charge is 2.25. The maximum Gasteiger partial charge on any atom is 0.239 e. The van der Waals surface area contributed by atoms with Crippen molar-refractivity contribution < 1.29 is 22.3 Å². The van der Waals surface area contributed by atoms with Gasteiger partial charge in [-0.2, -0.15) is 0 Å². The minimum atomic E-state index is -3.08. The number of sulfone groups is 1. The number of carbonyl (C=O) groups excluding carboxylic acids is 1. The largest absolute Gasteiger partial charge is 0.437 e. The minimum Gasteiger partial charge on any atom is -0.437 e. The average Bonchev–Trinajstić information content (AvgIpc) is 3.56. The third-order valence-electron chi connectivity index (χ3n) is 6.46. The van der Waals surface area contributed by atoms with Gasteiger partial charge in [-0.1, -0.05) is 18.2 Å². The second-order valence-corrected chi connectivity index (χ2v) is 12.1. The highest BCUT2D eigenvalue weighted by molar-refractivity contribution is 7.90. The fourth-order valence-electron chi connectivity index (χ4n) is 4.36. The summed E-state index contributed by atoms with van der Waals surface area (Å²) in [4.78, 5) is 17.2. The molecule has 4 aromatic rings. The Hall–Kier alpha value is -3.79. The monoisotopic (exact) mass is 536 g/mol. The van der Waals surface area contributed by atoms with Crippen LogP contribution in [0.2, 0.25) is 0 Å². The summed E-state index contributed by atoms with van der Waals surface area (Å²) >= 11 is 0. The maximum atomic E-state index is 13.7. The van der Waals surface area contributed by atoms with Crippen molar-refractivity contribution in [2.45, 2.75) is 32.6 Å². The van der Waals surface area contributed by atoms with Gasteiger partial charge in [0.1, 0.15) is 21.4 Å². The van der Waals surface area contributed by atoms with E-state index >= 15 is 0 Å². The standard InChI is InChI=1S/C28H29FN4O4S/c1-18-13-20(9-10-23(18)26(34)14-19-7-8-19)25-17-31-28-24(30-11-4-12-38(2,35)36)16-27(32-33(25)28)37-22-6-3-5-21(29)15-22/h3,5-6,9-10,13,15-17,19,30H,4,7-8,11-12,14H2,1-2H3. The quantitative estimate of drug-likeness (QED) is 0.200. The molecule has 0 spiro atoms. The number of fused-ring (bicyclic) bond motifs is 1. The Morgan fingerprint density at radius 1 is 1.18 bits per heavy atom. The van der Waals surface area contributed by atoms with E-state index in [9.17, 15) is 17.6 Å². The van der Waals surface area contributed by atoms with Crippen molar-refractivity contribution in [1.82, 2.24) is 14.6 Å². The summed E-state index contributed by atoms with van der Waals surface area (Å²) in [6, 6.07) is 13.1. The van der Waals surface area contributed by atoms with Crippen molar-refractivity contribution in [3.63, 3.8) is 0 Å². The van der Waals surface area contributed by atoms with Crippen LogP contribution in [0.25, 0.3) is 16.9 Å². The van der Waals surface area contributed by atoms with Crippen molar-refractivity contribution >= 4 is 27.0 Å². The summed E-state index contributed by atoms with van der Waals surface area (Å²) in [6.07, 6.45) is 6.15. The number of hydrogen-bond donors (Lipinski definition) is 1. The highest BCUT2D eigenvalue weighted by Crippen LogP contribution is 2.35. The number of rotatable bonds is 11. The van der Waals surface area contributed by atoms with Gasteiger partial charge in [-0.3, -0.25) is 4.79 Å². The van der Waals surface area contributed by atoms with Crippen LogP contribution in [0.15, 0.2) is 54.7 Å². The van der Waals surface area contributed by atoms with Crippen molar-refractivity contribution in [3.8, 4) is 22.9 Å². The first-order valence-corrected chi connectivity index (χ1v) is 14.6. The van der Waals surface area contributed by atoms with Crippen LogP contribution in [-0.4, -0.2) is 47.4 Å². The summed E-state index contributed by atoms with van der Waals surface area (Å²) in [5.41, 5.74) is 4.25. The van der Waals surface area contributed by atoms with E-state index in [1.54, 1.807) is 28.9 Å². The smallest absolute Gasteiger partial charge is 0.239 e. The van der Waals surface area contributed by atoms with Gasteiger partial charge in [0.05, 0.1) is 23.3 Å². The number of benzene rings is 2. The van der Waals surface area contributed by atoms with E-state index in [2.05, 4.69) is 15.4 Å². The molecule has 5 rings (SSSR count). The molecule has 2 aromatic carbocycles. The second kappa shape index (κ2) is 10.5. The van der Waals surface area contributed by atoms with Crippen LogP contribution in [0.4, 0.5) is 10.1 Å². The molecule has 1 N–H and O–H groups in total. The Morgan fingerprint density at radius 2 is 2.00 bits per heavy atom. The lowest BCUT2D eigenvalue weighted by atomic mass is 9.98. The van der Waals surface area contributed by atoms with Crippen LogP contribution in [0.1, 0.15) is 41.6 Å². The molecular weight excluding hydrogens is 507 g/mol. The number of Topliss-reactive ketones (excluding diaryl/α,β-unsaturated/α-hetero) is 1. The van der Waals surface area contributed by atoms with Crippen LogP contribution in [-0.2, 0) is 9.84 Å². The van der Waals surface area contributed by atoms with Gasteiger partial charge in [-0.15, -0.1) is 5.10 Å². The fourth-order valence-corrected chi connectivity index (χ4v) is 5.03. The molecule has 0 radical (unpaired) electrons. The molecular formula is C28H29FN4O4S. The Morgan fingerprint density at radius 3 is 2.71 bits per heavy atom. The van der Waals surface area contributed by atoms with E-state index in [0.29, 0.717) is 42.3 Å². The van der Waals surface area contributed by atoms with Gasteiger partial charge in [0, 0.05) is 42.5 Å². The number of halogens is 1. The lowest BCUT2D eigenvalue weighted by molar-refractivity contribution is 0.0975. The van der Waals surface area contributed by atoms with Crippen molar-refractivity contribution in [2.75, 3.05) is 23.9 Å². The molecule has 1 aliphatic rings. The Labute approximate surface area is 220 Å². The Balaban J connectivity index is 1.49. The molecule has 38 heavy (non-hydrogen) atoms. The van der Waals surface area contributed by atoms with Crippen molar-refractivity contribution in [1.29, 1.82) is 0 Å². The van der Waals surface area contributed by atoms with Gasteiger partial charge in [0.2, 0.25) is 5.88 Å². The molecule has 0 saturated heterocycles. The number of ketones is 1. The van der Waals surface area contributed by atoms with Gasteiger partial charge in [0.25, 0.3) is 0 Å². The molecule has 0 bridgehead atoms. The summed E-state index contributed by atoms with van der Waals surface area (Å²) in [5.74, 6) is 0.803. The van der Waals surface area contributed by atoms with Crippen molar-refractivity contribution in [2.24, 2.45) is 5.92 Å². The zero-order valence-electron chi connectivity index (χ0n) is 21.3. The van der Waals surface area contributed by atoms with Gasteiger partial charge in [0.15, 0.2) is 11.4 Å². The number of hydrogen-bond acceptors (Lipinski definition) is 7. The predicted octanol–water partition coefficient (Wildman–Crippen LogP) is 5.47. The molecule has 2 aromatic heterocycles. The minimum absolute atomic E-state index is 0.0544. The van der Waals surface area contributed by atoms with E-state index < -0.39 is 15.7 Å². The molecule has 0 atom stereocenters. The van der Waals surface area contributed by atoms with E-state index in [1.807, 2.05) is 25.1 Å². The molecule has 0 amide bonds. The summed E-state index contributed by atoms with van der Waals surface area (Å²) in [5, 5.41) is 7.84. The number of aryl methyl sites for hydroxylation is 1. The first-order chi connectivity index (χ1) is 18.2. The lowest BCUT2D eigenvalue weighted by Gasteiger charge is -2.12. The predicted molar refractivity (Wildman–Crippen MR) is 144 cm³/mol. The number of nitrogens with zero attached hydrogens (tertiary/aromatic N) is 3. The first kappa shape index (κ1) is 25.8. The zero-order chi connectivity index (χ0) is 26.9. The van der Waals surface area contributed by atoms with E-state index in [-0.39, 0.29) is 23.2 Å². The van der Waals surface area contributed by atoms with Gasteiger partial charge < -0.3 is 10.1 Å². The van der Waals surface area contributed by atoms with E-state index in [4.69, 9.17) is 4.74 Å². The molecule has 198 valence electrons. The highest BCUT2D eigenvalue weighted by atomic mass is 32.2. The van der Waals surface area contributed by atoms with Crippen LogP contribution in [0.5, 0.6) is 11.6 Å². The first-order valence-electron chi connectivity index (χ1n) is 12.5. The van der Waals surface area contributed by atoms with Crippen LogP contribution in [0.3, 0.4) is 0 Å². The molecule has 10 heteroatoms. The summed E-state index contributed by atoms with van der Waals surface area (Å²) in [7, 11) is -3.08. The van der Waals surface area contributed by atoms with Crippen molar-refractivity contribution in [3.05, 3.63) is 71.7 Å². The number of nitrogens with one attached hydrogen (secondary N) is 1. The van der Waals surface area contributed by atoms with E-state index in [0.717, 1.165) is 29.5 Å². The van der Waals surface area contributed by atoms with Crippen LogP contribution in [0, 0.1) is 18.7 Å². The Kier molecular flexibility index (Phi) is 7.16. The topological polar surface area (TPSA) is 103 Å². The second-order valence-electron chi connectivity index (χ2n) is 9.85. The third kappa shape index (κ3) is 6.19. The molecule has 2 heterocycles. The number of anilines is 1. The van der Waals surface area contributed by atoms with Gasteiger partial charge in [-0.25, -0.2) is 22.3 Å². The average molecular weight is 537 g/mol. The molecule has 0 unspecified atom stereocenters. The number of aromatic nitrogens is 3. The molecule has 1 saturated carbocycles. The molecule has 1 aliphatic carbocycles. The van der Waals surface area contributed by atoms with Gasteiger partial charge >= 0.3 is 0 Å². The fraction of sp³-hybridized carbons (Fsp3) is 0.321. The molecule has 1 fully saturated rings. The van der Waals surface area contributed by atoms with Crippen LogP contribution >= 0.6 is 0 Å². The van der Waals surface area contributed by atoms with Crippen LogP contribution < -0.4 is 10.1 Å². The summed E-state index contributed by atoms with van der Waals surface area (Å²) in [6.45, 7) is 2.32. The molecule has 8 nitrogen and oxygen atoms in total. The Bertz CT molecular complexity index is 1610. The van der Waals surface area contributed by atoms with Gasteiger partial charge in [-0.05, 0) is 55.9 Å². The number of carbonyl (C=O) groups is 1. The number of imidazole rings is 1. The lowest BCUT2D eigenvalue weighted by Crippen LogP contribution is -2.11. The SMILES string of the molecule is Cc1cc(-c2cnc3c(NCCCS(C)(=O)=O)cc(Oc4cccc(F)c4)nn23)ccc1C(=O)CC1CC1. The zero-order valence-corrected chi connectivity index (χ0v) is 22.1. The maximum absolute atomic E-state index is 13.7.